The monoisotopic (exact) mass is 263 g/mol. The predicted molar refractivity (Wildman–Crippen MR) is 53.4 cm³/mol. The van der Waals surface area contributed by atoms with Gasteiger partial charge < -0.3 is 9.88 Å². The number of hydrogen-bond donors (Lipinski definition) is 1. The van der Waals surface area contributed by atoms with Crippen molar-refractivity contribution in [2.75, 3.05) is 6.54 Å². The summed E-state index contributed by atoms with van der Waals surface area (Å²) in [5, 5.41) is 2.96. The minimum Gasteiger partial charge on any atom is -0.332 e. The number of fused-ring (bicyclic) bond motifs is 1. The second-order valence-electron chi connectivity index (χ2n) is 2.91. The number of rotatable bonds is 0. The third-order valence-electron chi connectivity index (χ3n) is 1.96. The van der Waals surface area contributed by atoms with Crippen LogP contribution < -0.4 is 5.32 Å². The molecule has 0 atom stereocenters. The molecule has 0 aliphatic carbocycles. The Labute approximate surface area is 96.9 Å². The molecule has 1 aromatic rings. The summed E-state index contributed by atoms with van der Waals surface area (Å²) in [6, 6.07) is 0. The zero-order valence-corrected chi connectivity index (χ0v) is 9.18. The van der Waals surface area contributed by atoms with Gasteiger partial charge in [-0.1, -0.05) is 0 Å². The largest absolute Gasteiger partial charge is 0.434 e. The molecule has 1 aromatic heterocycles. The highest BCUT2D eigenvalue weighted by molar-refractivity contribution is 5.85. The van der Waals surface area contributed by atoms with Crippen LogP contribution in [0.5, 0.6) is 0 Å². The highest BCUT2D eigenvalue weighted by atomic mass is 35.5. The Morgan fingerprint density at radius 1 is 1.33 bits per heavy atom. The number of nitrogens with one attached hydrogen (secondary N) is 1. The van der Waals surface area contributed by atoms with Gasteiger partial charge in [-0.3, -0.25) is 0 Å². The SMILES string of the molecule is Cl.Cl.FC(F)(F)c1cn2c(n1)CNCC2. The first kappa shape index (κ1) is 14.5. The summed E-state index contributed by atoms with van der Waals surface area (Å²) in [5.41, 5.74) is -0.800. The standard InChI is InChI=1S/C7H8F3N3.2ClH/c8-7(9,10)5-4-13-2-1-11-3-6(13)12-5;;/h4,11H,1-3H2;2*1H. The highest BCUT2D eigenvalue weighted by Crippen LogP contribution is 2.28. The minimum absolute atomic E-state index is 0. The molecule has 2 heterocycles. The van der Waals surface area contributed by atoms with Gasteiger partial charge in [0.2, 0.25) is 0 Å². The second kappa shape index (κ2) is 5.05. The lowest BCUT2D eigenvalue weighted by atomic mass is 10.4. The van der Waals surface area contributed by atoms with Crippen LogP contribution in [-0.2, 0) is 19.3 Å². The van der Waals surface area contributed by atoms with Crippen molar-refractivity contribution in [2.45, 2.75) is 19.3 Å². The molecule has 1 aliphatic heterocycles. The molecule has 0 saturated carbocycles. The maximum Gasteiger partial charge on any atom is 0.434 e. The molecule has 0 bridgehead atoms. The Morgan fingerprint density at radius 3 is 2.53 bits per heavy atom. The van der Waals surface area contributed by atoms with E-state index in [1.807, 2.05) is 0 Å². The molecule has 8 heteroatoms. The average molecular weight is 264 g/mol. The summed E-state index contributed by atoms with van der Waals surface area (Å²) in [6.45, 7) is 1.66. The smallest absolute Gasteiger partial charge is 0.332 e. The van der Waals surface area contributed by atoms with E-state index < -0.39 is 11.9 Å². The number of imidazole rings is 1. The molecule has 0 unspecified atom stereocenters. The summed E-state index contributed by atoms with van der Waals surface area (Å²) in [7, 11) is 0. The Balaban J connectivity index is 0.000000980. The van der Waals surface area contributed by atoms with Crippen LogP contribution in [0.2, 0.25) is 0 Å². The topological polar surface area (TPSA) is 29.9 Å². The molecule has 0 aromatic carbocycles. The number of halogens is 5. The molecule has 0 radical (unpaired) electrons. The van der Waals surface area contributed by atoms with Crippen LogP contribution in [0.25, 0.3) is 0 Å². The third kappa shape index (κ3) is 2.99. The van der Waals surface area contributed by atoms with Crippen molar-refractivity contribution in [3.63, 3.8) is 0 Å². The van der Waals surface area contributed by atoms with Crippen molar-refractivity contribution >= 4 is 24.8 Å². The summed E-state index contributed by atoms with van der Waals surface area (Å²) >= 11 is 0. The molecule has 0 amide bonds. The fourth-order valence-electron chi connectivity index (χ4n) is 1.33. The van der Waals surface area contributed by atoms with E-state index in [1.165, 1.54) is 0 Å². The van der Waals surface area contributed by atoms with Gasteiger partial charge in [-0.2, -0.15) is 13.2 Å². The van der Waals surface area contributed by atoms with E-state index in [0.29, 0.717) is 25.5 Å². The lowest BCUT2D eigenvalue weighted by Gasteiger charge is -2.13. The summed E-state index contributed by atoms with van der Waals surface area (Å²) in [4.78, 5) is 3.50. The molecule has 15 heavy (non-hydrogen) atoms. The second-order valence-corrected chi connectivity index (χ2v) is 2.91. The molecule has 0 saturated heterocycles. The van der Waals surface area contributed by atoms with Gasteiger partial charge in [0.1, 0.15) is 5.82 Å². The van der Waals surface area contributed by atoms with E-state index in [9.17, 15) is 13.2 Å². The van der Waals surface area contributed by atoms with Gasteiger partial charge in [0.25, 0.3) is 0 Å². The van der Waals surface area contributed by atoms with Crippen molar-refractivity contribution < 1.29 is 13.2 Å². The number of nitrogens with zero attached hydrogens (tertiary/aromatic N) is 2. The fourth-order valence-corrected chi connectivity index (χ4v) is 1.33. The lowest BCUT2D eigenvalue weighted by Crippen LogP contribution is -2.27. The van der Waals surface area contributed by atoms with Crippen LogP contribution in [-0.4, -0.2) is 16.1 Å². The van der Waals surface area contributed by atoms with Gasteiger partial charge in [-0.25, -0.2) is 4.98 Å². The van der Waals surface area contributed by atoms with Crippen LogP contribution in [0, 0.1) is 0 Å². The van der Waals surface area contributed by atoms with Crippen LogP contribution >= 0.6 is 24.8 Å². The van der Waals surface area contributed by atoms with Crippen LogP contribution in [0.4, 0.5) is 13.2 Å². The van der Waals surface area contributed by atoms with Gasteiger partial charge in [0.15, 0.2) is 5.69 Å². The maximum absolute atomic E-state index is 12.2. The molecule has 1 N–H and O–H groups in total. The average Bonchev–Trinajstić information content (AvgIpc) is 2.45. The molecule has 3 nitrogen and oxygen atoms in total. The Morgan fingerprint density at radius 2 is 2.00 bits per heavy atom. The zero-order valence-electron chi connectivity index (χ0n) is 7.54. The summed E-state index contributed by atoms with van der Waals surface area (Å²) < 4.78 is 38.1. The van der Waals surface area contributed by atoms with E-state index in [-0.39, 0.29) is 24.8 Å². The van der Waals surface area contributed by atoms with Gasteiger partial charge in [-0.05, 0) is 0 Å². The van der Waals surface area contributed by atoms with Gasteiger partial charge in [-0.15, -0.1) is 24.8 Å². The first-order valence-corrected chi connectivity index (χ1v) is 3.91. The first-order valence-electron chi connectivity index (χ1n) is 3.91. The van der Waals surface area contributed by atoms with Crippen LogP contribution in [0.1, 0.15) is 11.5 Å². The lowest BCUT2D eigenvalue weighted by molar-refractivity contribution is -0.141. The molecule has 88 valence electrons. The first-order chi connectivity index (χ1) is 6.07. The molecular formula is C7H10Cl2F3N3. The highest BCUT2D eigenvalue weighted by Gasteiger charge is 2.34. The molecular weight excluding hydrogens is 254 g/mol. The third-order valence-corrected chi connectivity index (χ3v) is 1.96. The normalized spacial score (nSPS) is 14.9. The molecule has 0 spiro atoms. The summed E-state index contributed by atoms with van der Waals surface area (Å²) in [5.74, 6) is 0.457. The summed E-state index contributed by atoms with van der Waals surface area (Å²) in [6.07, 6.45) is -3.26. The van der Waals surface area contributed by atoms with Crippen molar-refractivity contribution in [1.29, 1.82) is 0 Å². The fraction of sp³-hybridized carbons (Fsp3) is 0.571. The predicted octanol–water partition coefficient (Wildman–Crippen LogP) is 1.85. The number of alkyl halides is 3. The van der Waals surface area contributed by atoms with Gasteiger partial charge in [0.05, 0.1) is 6.54 Å². The Hall–Kier alpha value is -0.460. The van der Waals surface area contributed by atoms with E-state index >= 15 is 0 Å². The number of hydrogen-bond acceptors (Lipinski definition) is 2. The van der Waals surface area contributed by atoms with Crippen molar-refractivity contribution in [3.8, 4) is 0 Å². The Kier molecular flexibility index (Phi) is 4.89. The van der Waals surface area contributed by atoms with Gasteiger partial charge in [0, 0.05) is 19.3 Å². The Bertz CT molecular complexity index is 300. The van der Waals surface area contributed by atoms with E-state index in [4.69, 9.17) is 0 Å². The van der Waals surface area contributed by atoms with Gasteiger partial charge >= 0.3 is 6.18 Å². The zero-order chi connectivity index (χ0) is 9.47. The van der Waals surface area contributed by atoms with Crippen LogP contribution in [0.15, 0.2) is 6.20 Å². The molecule has 2 rings (SSSR count). The van der Waals surface area contributed by atoms with E-state index in [1.54, 1.807) is 4.57 Å². The van der Waals surface area contributed by atoms with Crippen molar-refractivity contribution in [3.05, 3.63) is 17.7 Å². The minimum atomic E-state index is -4.33. The van der Waals surface area contributed by atoms with E-state index in [0.717, 1.165) is 6.20 Å². The van der Waals surface area contributed by atoms with Crippen molar-refractivity contribution in [1.82, 2.24) is 14.9 Å². The van der Waals surface area contributed by atoms with Crippen molar-refractivity contribution in [2.24, 2.45) is 0 Å². The quantitative estimate of drug-likeness (QED) is 0.775. The molecule has 0 fully saturated rings. The van der Waals surface area contributed by atoms with Crippen LogP contribution in [0.3, 0.4) is 0 Å². The number of aromatic nitrogens is 2. The molecule has 1 aliphatic rings. The van der Waals surface area contributed by atoms with E-state index in [2.05, 4.69) is 10.3 Å². The maximum atomic E-state index is 12.2.